The third-order valence-corrected chi connectivity index (χ3v) is 4.01. The van der Waals surface area contributed by atoms with E-state index in [1.807, 2.05) is 0 Å². The predicted molar refractivity (Wildman–Crippen MR) is 67.1 cm³/mol. The number of ether oxygens (including phenoxy) is 2. The van der Waals surface area contributed by atoms with Gasteiger partial charge in [-0.3, -0.25) is 4.79 Å². The van der Waals surface area contributed by atoms with Gasteiger partial charge in [-0.1, -0.05) is 0 Å². The second-order valence-electron chi connectivity index (χ2n) is 5.35. The summed E-state index contributed by atoms with van der Waals surface area (Å²) < 4.78 is 16.7. The molecular weight excluding hydrogens is 248 g/mol. The fraction of sp³-hybridized carbons (Fsp3) is 0.643. The fourth-order valence-electron chi connectivity index (χ4n) is 2.79. The van der Waals surface area contributed by atoms with Crippen molar-refractivity contribution in [3.63, 3.8) is 0 Å². The van der Waals surface area contributed by atoms with Gasteiger partial charge in [0.2, 0.25) is 11.2 Å². The normalized spacial score (nSPS) is 25.0. The lowest BCUT2D eigenvalue weighted by Crippen LogP contribution is -2.48. The first-order valence-electron chi connectivity index (χ1n) is 6.74. The average molecular weight is 266 g/mol. The van der Waals surface area contributed by atoms with E-state index in [9.17, 15) is 4.79 Å². The largest absolute Gasteiger partial charge is 0.483 e. The molecule has 1 spiro atoms. The monoisotopic (exact) mass is 266 g/mol. The molecule has 104 valence electrons. The Hall–Kier alpha value is -1.33. The van der Waals surface area contributed by atoms with E-state index in [4.69, 9.17) is 19.0 Å². The smallest absolute Gasteiger partial charge is 0.227 e. The first kappa shape index (κ1) is 12.7. The SMILES string of the molecule is O=c1cc(CO)occ1OC1CCOC2(CCC2)C1. The molecule has 5 nitrogen and oxygen atoms in total. The van der Waals surface area contributed by atoms with Gasteiger partial charge in [-0.15, -0.1) is 0 Å². The van der Waals surface area contributed by atoms with Crippen LogP contribution in [0.15, 0.2) is 21.5 Å². The fourth-order valence-corrected chi connectivity index (χ4v) is 2.79. The van der Waals surface area contributed by atoms with Crippen LogP contribution >= 0.6 is 0 Å². The van der Waals surface area contributed by atoms with Crippen LogP contribution in [-0.2, 0) is 11.3 Å². The van der Waals surface area contributed by atoms with E-state index in [0.717, 1.165) is 25.7 Å². The lowest BCUT2D eigenvalue weighted by Gasteiger charge is -2.46. The molecule has 0 bridgehead atoms. The molecule has 0 aromatic carbocycles. The number of aliphatic hydroxyl groups is 1. The maximum absolute atomic E-state index is 11.8. The Bertz CT molecular complexity index is 503. The Balaban J connectivity index is 1.69. The Morgan fingerprint density at radius 1 is 1.47 bits per heavy atom. The standard InChI is InChI=1S/C14H18O5/c15-8-11-6-12(16)13(9-17-11)19-10-2-5-18-14(7-10)3-1-4-14/h6,9-10,15H,1-5,7-8H2. The quantitative estimate of drug-likeness (QED) is 0.900. The van der Waals surface area contributed by atoms with E-state index < -0.39 is 0 Å². The summed E-state index contributed by atoms with van der Waals surface area (Å²) in [7, 11) is 0. The molecule has 0 radical (unpaired) electrons. The molecule has 1 N–H and O–H groups in total. The third-order valence-electron chi connectivity index (χ3n) is 4.01. The molecule has 1 saturated carbocycles. The second kappa shape index (κ2) is 4.98. The van der Waals surface area contributed by atoms with E-state index >= 15 is 0 Å². The van der Waals surface area contributed by atoms with Crippen molar-refractivity contribution in [1.29, 1.82) is 0 Å². The molecule has 1 atom stereocenters. The van der Waals surface area contributed by atoms with E-state index in [1.54, 1.807) is 0 Å². The minimum absolute atomic E-state index is 0.00581. The zero-order chi connectivity index (χ0) is 13.3. The van der Waals surface area contributed by atoms with Crippen LogP contribution in [0.1, 0.15) is 37.9 Å². The molecule has 1 aliphatic heterocycles. The van der Waals surface area contributed by atoms with Gasteiger partial charge < -0.3 is 19.0 Å². The van der Waals surface area contributed by atoms with Crippen molar-refractivity contribution < 1.29 is 19.0 Å². The maximum atomic E-state index is 11.8. The van der Waals surface area contributed by atoms with Crippen molar-refractivity contribution in [3.8, 4) is 5.75 Å². The summed E-state index contributed by atoms with van der Waals surface area (Å²) >= 11 is 0. The summed E-state index contributed by atoms with van der Waals surface area (Å²) in [6.45, 7) is 0.403. The van der Waals surface area contributed by atoms with Crippen molar-refractivity contribution in [1.82, 2.24) is 0 Å². The number of aliphatic hydroxyl groups excluding tert-OH is 1. The molecule has 0 amide bonds. The summed E-state index contributed by atoms with van der Waals surface area (Å²) in [4.78, 5) is 11.8. The Labute approximate surface area is 111 Å². The Morgan fingerprint density at radius 3 is 2.95 bits per heavy atom. The van der Waals surface area contributed by atoms with E-state index in [2.05, 4.69) is 0 Å². The Kier molecular flexibility index (Phi) is 3.33. The minimum atomic E-state index is -0.282. The molecule has 2 fully saturated rings. The first-order valence-corrected chi connectivity index (χ1v) is 6.74. The highest BCUT2D eigenvalue weighted by atomic mass is 16.5. The van der Waals surface area contributed by atoms with Gasteiger partial charge in [-0.2, -0.15) is 0 Å². The van der Waals surface area contributed by atoms with Crippen molar-refractivity contribution >= 4 is 0 Å². The van der Waals surface area contributed by atoms with Gasteiger partial charge in [-0.05, 0) is 19.3 Å². The van der Waals surface area contributed by atoms with Gasteiger partial charge in [0.1, 0.15) is 24.7 Å². The van der Waals surface area contributed by atoms with Gasteiger partial charge in [0, 0.05) is 18.9 Å². The van der Waals surface area contributed by atoms with Crippen LogP contribution < -0.4 is 10.2 Å². The van der Waals surface area contributed by atoms with Crippen LogP contribution in [0.5, 0.6) is 5.75 Å². The van der Waals surface area contributed by atoms with E-state index in [1.165, 1.54) is 18.8 Å². The lowest BCUT2D eigenvalue weighted by molar-refractivity contribution is -0.153. The highest BCUT2D eigenvalue weighted by Gasteiger charge is 2.43. The lowest BCUT2D eigenvalue weighted by atomic mass is 9.74. The summed E-state index contributed by atoms with van der Waals surface area (Å²) in [5, 5.41) is 8.89. The molecular formula is C14H18O5. The van der Waals surface area contributed by atoms with Crippen LogP contribution in [0.3, 0.4) is 0 Å². The zero-order valence-corrected chi connectivity index (χ0v) is 10.8. The summed E-state index contributed by atoms with van der Waals surface area (Å²) in [6.07, 6.45) is 6.32. The van der Waals surface area contributed by atoms with E-state index in [0.29, 0.717) is 6.61 Å². The van der Waals surface area contributed by atoms with Crippen LogP contribution in [0.2, 0.25) is 0 Å². The van der Waals surface area contributed by atoms with Gasteiger partial charge in [0.05, 0.1) is 12.2 Å². The third kappa shape index (κ3) is 2.53. The van der Waals surface area contributed by atoms with E-state index in [-0.39, 0.29) is 35.3 Å². The molecule has 2 heterocycles. The highest BCUT2D eigenvalue weighted by molar-refractivity contribution is 5.18. The van der Waals surface area contributed by atoms with Crippen molar-refractivity contribution in [2.45, 2.75) is 50.4 Å². The van der Waals surface area contributed by atoms with Gasteiger partial charge in [-0.25, -0.2) is 0 Å². The van der Waals surface area contributed by atoms with Crippen LogP contribution in [-0.4, -0.2) is 23.4 Å². The van der Waals surface area contributed by atoms with Crippen molar-refractivity contribution in [2.75, 3.05) is 6.61 Å². The van der Waals surface area contributed by atoms with Crippen LogP contribution in [0.4, 0.5) is 0 Å². The highest BCUT2D eigenvalue weighted by Crippen LogP contribution is 2.42. The predicted octanol–water partition coefficient (Wildman–Crippen LogP) is 1.61. The molecule has 2 aliphatic rings. The second-order valence-corrected chi connectivity index (χ2v) is 5.35. The molecule has 1 aliphatic carbocycles. The number of hydrogen-bond donors (Lipinski definition) is 1. The zero-order valence-electron chi connectivity index (χ0n) is 10.8. The molecule has 1 aromatic heterocycles. The summed E-state index contributed by atoms with van der Waals surface area (Å²) in [5.41, 5.74) is -0.252. The molecule has 1 saturated heterocycles. The van der Waals surface area contributed by atoms with Gasteiger partial charge in [0.15, 0.2) is 0 Å². The Morgan fingerprint density at radius 2 is 2.32 bits per heavy atom. The van der Waals surface area contributed by atoms with Crippen molar-refractivity contribution in [3.05, 3.63) is 28.3 Å². The summed E-state index contributed by atoms with van der Waals surface area (Å²) in [5.74, 6) is 0.471. The van der Waals surface area contributed by atoms with Crippen molar-refractivity contribution in [2.24, 2.45) is 0 Å². The average Bonchev–Trinajstić information content (AvgIpc) is 2.39. The number of rotatable bonds is 3. The first-order chi connectivity index (χ1) is 9.21. The molecule has 3 rings (SSSR count). The van der Waals surface area contributed by atoms with Gasteiger partial charge >= 0.3 is 0 Å². The maximum Gasteiger partial charge on any atom is 0.227 e. The van der Waals surface area contributed by atoms with Crippen LogP contribution in [0, 0.1) is 0 Å². The molecule has 19 heavy (non-hydrogen) atoms. The minimum Gasteiger partial charge on any atom is -0.483 e. The molecule has 5 heteroatoms. The topological polar surface area (TPSA) is 68.9 Å². The van der Waals surface area contributed by atoms with Crippen LogP contribution in [0.25, 0.3) is 0 Å². The molecule has 1 aromatic rings. The summed E-state index contributed by atoms with van der Waals surface area (Å²) in [6, 6.07) is 1.27. The molecule has 1 unspecified atom stereocenters. The van der Waals surface area contributed by atoms with Gasteiger partial charge in [0.25, 0.3) is 0 Å². The number of hydrogen-bond acceptors (Lipinski definition) is 5.